The maximum Gasteiger partial charge on any atom is 0.334 e. The van der Waals surface area contributed by atoms with Gasteiger partial charge in [-0.25, -0.2) is 18.1 Å². The lowest BCUT2D eigenvalue weighted by Crippen LogP contribution is -2.33. The number of thiophene rings is 1. The van der Waals surface area contributed by atoms with Crippen LogP contribution < -0.4 is 11.2 Å². The Kier molecular flexibility index (Phi) is 5.40. The van der Waals surface area contributed by atoms with Gasteiger partial charge in [0.2, 0.25) is 0 Å². The smallest absolute Gasteiger partial charge is 0.298 e. The molecule has 0 saturated carbocycles. The van der Waals surface area contributed by atoms with E-state index in [1.165, 1.54) is 35.6 Å². The van der Waals surface area contributed by atoms with Crippen LogP contribution in [0.25, 0.3) is 38.2 Å². The van der Waals surface area contributed by atoms with Crippen LogP contribution in [0.4, 0.5) is 8.78 Å². The molecule has 0 saturated heterocycles. The van der Waals surface area contributed by atoms with E-state index in [0.717, 1.165) is 22.3 Å². The van der Waals surface area contributed by atoms with Crippen molar-refractivity contribution in [3.63, 3.8) is 0 Å². The fraction of sp³-hybridized carbons (Fsp3) is 0. The van der Waals surface area contributed by atoms with E-state index in [2.05, 4.69) is 4.98 Å². The van der Waals surface area contributed by atoms with Gasteiger partial charge in [0, 0.05) is 21.0 Å². The summed E-state index contributed by atoms with van der Waals surface area (Å²) in [5, 5.41) is 2.71. The van der Waals surface area contributed by atoms with E-state index in [0.29, 0.717) is 37.0 Å². The van der Waals surface area contributed by atoms with Gasteiger partial charge in [-0.3, -0.25) is 9.78 Å². The number of aromatic amines is 1. The Morgan fingerprint density at radius 1 is 0.788 bits per heavy atom. The molecule has 164 valence electrons. The quantitative estimate of drug-likeness (QED) is 0.301. The summed E-state index contributed by atoms with van der Waals surface area (Å²) in [5.74, 6) is -1.84. The van der Waals surface area contributed by atoms with E-state index in [9.17, 15) is 18.4 Å². The van der Waals surface area contributed by atoms with Crippen molar-refractivity contribution in [1.82, 2.24) is 9.55 Å². The van der Waals surface area contributed by atoms with Gasteiger partial charge in [0.1, 0.15) is 4.83 Å². The van der Waals surface area contributed by atoms with Crippen LogP contribution in [-0.2, 0) is 0 Å². The summed E-state index contributed by atoms with van der Waals surface area (Å²) in [4.78, 5) is 29.2. The maximum atomic E-state index is 13.6. The summed E-state index contributed by atoms with van der Waals surface area (Å²) >= 11 is 13.4. The third-order valence-electron chi connectivity index (χ3n) is 5.19. The molecule has 0 spiro atoms. The predicted octanol–water partition coefficient (Wildman–Crippen LogP) is 6.66. The zero-order valence-corrected chi connectivity index (χ0v) is 18.9. The van der Waals surface area contributed by atoms with Crippen LogP contribution in [0.3, 0.4) is 0 Å². The minimum atomic E-state index is -0.925. The monoisotopic (exact) mass is 500 g/mol. The summed E-state index contributed by atoms with van der Waals surface area (Å²) < 4.78 is 27.8. The van der Waals surface area contributed by atoms with Crippen molar-refractivity contribution in [3.8, 4) is 27.9 Å². The Bertz CT molecular complexity index is 1640. The standard InChI is InChI=1S/C24H12Cl2F2N2O2S/c25-15-8-16(26)10-17(9-15)30-23(31)21-18(11-33-22(21)29-24(30)32)13-3-1-12(2-4-13)14-5-6-19(27)20(28)7-14/h1-11H,(H,29,32). The first kappa shape index (κ1) is 21.6. The zero-order valence-electron chi connectivity index (χ0n) is 16.5. The third kappa shape index (κ3) is 3.88. The molecule has 5 rings (SSSR count). The predicted molar refractivity (Wildman–Crippen MR) is 129 cm³/mol. The molecule has 0 bridgehead atoms. The first-order chi connectivity index (χ1) is 15.8. The van der Waals surface area contributed by atoms with Gasteiger partial charge >= 0.3 is 5.69 Å². The highest BCUT2D eigenvalue weighted by atomic mass is 35.5. The topological polar surface area (TPSA) is 54.9 Å². The zero-order chi connectivity index (χ0) is 23.3. The Hall–Kier alpha value is -3.26. The van der Waals surface area contributed by atoms with Crippen molar-refractivity contribution in [1.29, 1.82) is 0 Å². The van der Waals surface area contributed by atoms with Gasteiger partial charge < -0.3 is 0 Å². The molecule has 33 heavy (non-hydrogen) atoms. The lowest BCUT2D eigenvalue weighted by atomic mass is 10.0. The molecule has 0 aliphatic rings. The van der Waals surface area contributed by atoms with Gasteiger partial charge in [0.15, 0.2) is 11.6 Å². The van der Waals surface area contributed by atoms with Crippen LogP contribution in [0.15, 0.2) is 75.6 Å². The van der Waals surface area contributed by atoms with Gasteiger partial charge in [-0.05, 0) is 47.0 Å². The maximum absolute atomic E-state index is 13.6. The molecule has 2 heterocycles. The largest absolute Gasteiger partial charge is 0.334 e. The van der Waals surface area contributed by atoms with E-state index in [-0.39, 0.29) is 5.69 Å². The van der Waals surface area contributed by atoms with Crippen LogP contribution in [0, 0.1) is 11.6 Å². The number of H-pyrrole nitrogens is 1. The number of hydrogen-bond donors (Lipinski definition) is 1. The number of fused-ring (bicyclic) bond motifs is 1. The van der Waals surface area contributed by atoms with Crippen LogP contribution >= 0.6 is 34.5 Å². The Morgan fingerprint density at radius 2 is 1.42 bits per heavy atom. The highest BCUT2D eigenvalue weighted by Gasteiger charge is 2.17. The molecule has 0 aliphatic heterocycles. The second kappa shape index (κ2) is 8.26. The van der Waals surface area contributed by atoms with Gasteiger partial charge in [0.25, 0.3) is 5.56 Å². The summed E-state index contributed by atoms with van der Waals surface area (Å²) in [7, 11) is 0. The normalized spacial score (nSPS) is 11.3. The minimum Gasteiger partial charge on any atom is -0.298 e. The van der Waals surface area contributed by atoms with Crippen LogP contribution in [0.5, 0.6) is 0 Å². The molecule has 1 N–H and O–H groups in total. The lowest BCUT2D eigenvalue weighted by molar-refractivity contribution is 0.509. The van der Waals surface area contributed by atoms with E-state index < -0.39 is 22.9 Å². The second-order valence-corrected chi connectivity index (χ2v) is 9.01. The van der Waals surface area contributed by atoms with Crippen LogP contribution in [0.1, 0.15) is 0 Å². The first-order valence-corrected chi connectivity index (χ1v) is 11.2. The summed E-state index contributed by atoms with van der Waals surface area (Å²) in [6.07, 6.45) is 0. The van der Waals surface area contributed by atoms with Crippen molar-refractivity contribution in [2.24, 2.45) is 0 Å². The van der Waals surface area contributed by atoms with Crippen molar-refractivity contribution >= 4 is 44.8 Å². The van der Waals surface area contributed by atoms with Crippen molar-refractivity contribution in [3.05, 3.63) is 109 Å². The highest BCUT2D eigenvalue weighted by Crippen LogP contribution is 2.32. The lowest BCUT2D eigenvalue weighted by Gasteiger charge is -2.08. The molecular formula is C24H12Cl2F2N2O2S. The van der Waals surface area contributed by atoms with E-state index in [1.54, 1.807) is 29.6 Å². The number of rotatable bonds is 3. The van der Waals surface area contributed by atoms with Crippen LogP contribution in [-0.4, -0.2) is 9.55 Å². The molecule has 0 atom stereocenters. The van der Waals surface area contributed by atoms with Gasteiger partial charge in [-0.15, -0.1) is 11.3 Å². The third-order valence-corrected chi connectivity index (χ3v) is 6.52. The molecule has 0 amide bonds. The molecular weight excluding hydrogens is 489 g/mol. The molecule has 0 unspecified atom stereocenters. The molecule has 5 aromatic rings. The van der Waals surface area contributed by atoms with E-state index in [4.69, 9.17) is 23.2 Å². The van der Waals surface area contributed by atoms with E-state index in [1.807, 2.05) is 0 Å². The van der Waals surface area contributed by atoms with Crippen LogP contribution in [0.2, 0.25) is 10.0 Å². The molecule has 0 radical (unpaired) electrons. The number of hydrogen-bond acceptors (Lipinski definition) is 3. The highest BCUT2D eigenvalue weighted by molar-refractivity contribution is 7.17. The van der Waals surface area contributed by atoms with E-state index >= 15 is 0 Å². The minimum absolute atomic E-state index is 0.256. The number of benzene rings is 3. The molecule has 3 aromatic carbocycles. The average molecular weight is 501 g/mol. The first-order valence-electron chi connectivity index (χ1n) is 9.60. The molecule has 0 fully saturated rings. The van der Waals surface area contributed by atoms with Crippen molar-refractivity contribution in [2.75, 3.05) is 0 Å². The number of nitrogens with one attached hydrogen (secondary N) is 1. The molecule has 9 heteroatoms. The van der Waals surface area contributed by atoms with Gasteiger partial charge in [-0.2, -0.15) is 0 Å². The van der Waals surface area contributed by atoms with Gasteiger partial charge in [-0.1, -0.05) is 53.5 Å². The fourth-order valence-corrected chi connectivity index (χ4v) is 5.12. The molecule has 0 aliphatic carbocycles. The Labute approximate surface area is 199 Å². The van der Waals surface area contributed by atoms with Crippen molar-refractivity contribution < 1.29 is 8.78 Å². The second-order valence-electron chi connectivity index (χ2n) is 7.26. The summed E-state index contributed by atoms with van der Waals surface area (Å²) in [6.45, 7) is 0. The van der Waals surface area contributed by atoms with Gasteiger partial charge in [0.05, 0.1) is 11.1 Å². The Morgan fingerprint density at radius 3 is 2.09 bits per heavy atom. The fourth-order valence-electron chi connectivity index (χ4n) is 3.65. The van der Waals surface area contributed by atoms with Crippen molar-refractivity contribution in [2.45, 2.75) is 0 Å². The molecule has 2 aromatic heterocycles. The number of nitrogens with zero attached hydrogens (tertiary/aromatic N) is 1. The Balaban J connectivity index is 1.64. The SMILES string of the molecule is O=c1[nH]c2scc(-c3ccc(-c4ccc(F)c(F)c4)cc3)c2c(=O)n1-c1cc(Cl)cc(Cl)c1. The average Bonchev–Trinajstić information content (AvgIpc) is 3.19. The summed E-state index contributed by atoms with van der Waals surface area (Å²) in [6, 6.07) is 15.3. The number of aromatic nitrogens is 2. The summed E-state index contributed by atoms with van der Waals surface area (Å²) in [5.41, 5.74) is 1.73. The molecule has 4 nitrogen and oxygen atoms in total. The number of halogens is 4.